The highest BCUT2D eigenvalue weighted by molar-refractivity contribution is 5.96. The van der Waals surface area contributed by atoms with E-state index in [0.29, 0.717) is 11.5 Å². The van der Waals surface area contributed by atoms with Gasteiger partial charge in [0.15, 0.2) is 5.69 Å². The summed E-state index contributed by atoms with van der Waals surface area (Å²) in [6, 6.07) is 1.35. The van der Waals surface area contributed by atoms with Gasteiger partial charge in [0.2, 0.25) is 0 Å². The maximum absolute atomic E-state index is 11.5. The van der Waals surface area contributed by atoms with Crippen LogP contribution >= 0.6 is 0 Å². The summed E-state index contributed by atoms with van der Waals surface area (Å²) in [5.41, 5.74) is 0.317. The number of aromatic hydroxyl groups is 1. The van der Waals surface area contributed by atoms with Crippen molar-refractivity contribution in [3.05, 3.63) is 23.5 Å². The molecule has 6 heteroatoms. The van der Waals surface area contributed by atoms with E-state index >= 15 is 0 Å². The van der Waals surface area contributed by atoms with Gasteiger partial charge >= 0.3 is 5.97 Å². The smallest absolute Gasteiger partial charge is 0.322 e. The fourth-order valence-electron chi connectivity index (χ4n) is 1.35. The Hall–Kier alpha value is -2.55. The highest BCUT2D eigenvalue weighted by Crippen LogP contribution is 2.27. The molecule has 1 heterocycles. The molecule has 1 aliphatic carbocycles. The van der Waals surface area contributed by atoms with Crippen LogP contribution < -0.4 is 5.32 Å². The summed E-state index contributed by atoms with van der Waals surface area (Å²) in [6.45, 7) is -0.525. The van der Waals surface area contributed by atoms with Crippen LogP contribution in [0.5, 0.6) is 5.75 Å². The normalized spacial score (nSPS) is 13.3. The molecular weight excluding hydrogens is 248 g/mol. The van der Waals surface area contributed by atoms with Crippen LogP contribution in [0.2, 0.25) is 0 Å². The van der Waals surface area contributed by atoms with E-state index in [2.05, 4.69) is 22.1 Å². The van der Waals surface area contributed by atoms with E-state index in [1.54, 1.807) is 0 Å². The van der Waals surface area contributed by atoms with Crippen LogP contribution in [-0.4, -0.2) is 33.6 Å². The number of pyridine rings is 1. The van der Waals surface area contributed by atoms with E-state index in [1.807, 2.05) is 0 Å². The lowest BCUT2D eigenvalue weighted by atomic mass is 10.2. The van der Waals surface area contributed by atoms with E-state index in [-0.39, 0.29) is 11.4 Å². The van der Waals surface area contributed by atoms with Crippen molar-refractivity contribution in [1.82, 2.24) is 10.3 Å². The van der Waals surface area contributed by atoms with Crippen LogP contribution in [0.25, 0.3) is 0 Å². The lowest BCUT2D eigenvalue weighted by molar-refractivity contribution is -0.135. The number of carboxylic acids is 1. The van der Waals surface area contributed by atoms with Crippen molar-refractivity contribution in [2.24, 2.45) is 5.92 Å². The predicted molar refractivity (Wildman–Crippen MR) is 65.5 cm³/mol. The topological polar surface area (TPSA) is 99.5 Å². The zero-order chi connectivity index (χ0) is 13.8. The lowest BCUT2D eigenvalue weighted by Crippen LogP contribution is -2.29. The first-order valence-electron chi connectivity index (χ1n) is 5.77. The monoisotopic (exact) mass is 260 g/mol. The number of hydrogen-bond donors (Lipinski definition) is 3. The molecule has 98 valence electrons. The number of rotatable bonds is 3. The minimum atomic E-state index is -1.17. The van der Waals surface area contributed by atoms with Gasteiger partial charge in [-0.2, -0.15) is 0 Å². The molecule has 1 saturated carbocycles. The number of carboxylic acid groups (broad SMARTS) is 1. The van der Waals surface area contributed by atoms with E-state index in [0.717, 1.165) is 12.8 Å². The number of carbonyl (C=O) groups is 2. The molecule has 1 aliphatic rings. The zero-order valence-electron chi connectivity index (χ0n) is 10.0. The first-order valence-corrected chi connectivity index (χ1v) is 5.77. The van der Waals surface area contributed by atoms with Gasteiger partial charge in [0.1, 0.15) is 12.3 Å². The number of nitrogens with one attached hydrogen (secondary N) is 1. The van der Waals surface area contributed by atoms with Gasteiger partial charge in [-0.3, -0.25) is 9.59 Å². The second-order valence-electron chi connectivity index (χ2n) is 4.21. The van der Waals surface area contributed by atoms with Crippen LogP contribution in [-0.2, 0) is 4.79 Å². The Morgan fingerprint density at radius 3 is 2.79 bits per heavy atom. The van der Waals surface area contributed by atoms with Gasteiger partial charge in [0.05, 0.1) is 0 Å². The van der Waals surface area contributed by atoms with Crippen LogP contribution in [0.4, 0.5) is 0 Å². The van der Waals surface area contributed by atoms with Gasteiger partial charge in [-0.25, -0.2) is 4.98 Å². The molecule has 0 radical (unpaired) electrons. The molecule has 1 aromatic rings. The van der Waals surface area contributed by atoms with Gasteiger partial charge in [-0.1, -0.05) is 11.8 Å². The molecule has 0 bridgehead atoms. The summed E-state index contributed by atoms with van der Waals surface area (Å²) in [7, 11) is 0. The average Bonchev–Trinajstić information content (AvgIpc) is 3.17. The Labute approximate surface area is 109 Å². The predicted octanol–water partition coefficient (Wildman–Crippen LogP) is 0.363. The largest absolute Gasteiger partial charge is 0.505 e. The molecule has 0 spiro atoms. The standard InChI is InChI=1S/C13H12N2O4/c16-10-5-9(4-3-8-1-2-8)6-14-12(10)13(19)15-7-11(17)18/h5-6,8,16H,1-2,7H2,(H,15,19)(H,17,18). The fourth-order valence-corrected chi connectivity index (χ4v) is 1.35. The van der Waals surface area contributed by atoms with Crippen molar-refractivity contribution in [3.63, 3.8) is 0 Å². The van der Waals surface area contributed by atoms with Gasteiger partial charge in [0, 0.05) is 17.7 Å². The molecule has 0 atom stereocenters. The summed E-state index contributed by atoms with van der Waals surface area (Å²) in [5.74, 6) is 4.09. The summed E-state index contributed by atoms with van der Waals surface area (Å²) in [4.78, 5) is 25.6. The first kappa shape index (κ1) is 12.9. The highest BCUT2D eigenvalue weighted by Gasteiger charge is 2.18. The maximum atomic E-state index is 11.5. The second kappa shape index (κ2) is 5.40. The van der Waals surface area contributed by atoms with Crippen molar-refractivity contribution >= 4 is 11.9 Å². The molecule has 1 amide bonds. The Balaban J connectivity index is 2.08. The molecular formula is C13H12N2O4. The fraction of sp³-hybridized carbons (Fsp3) is 0.308. The molecule has 0 aromatic carbocycles. The van der Waals surface area contributed by atoms with Crippen LogP contribution in [0.3, 0.4) is 0 Å². The Morgan fingerprint density at radius 2 is 2.21 bits per heavy atom. The van der Waals surface area contributed by atoms with Gasteiger partial charge < -0.3 is 15.5 Å². The summed E-state index contributed by atoms with van der Waals surface area (Å²) >= 11 is 0. The molecule has 1 aromatic heterocycles. The van der Waals surface area contributed by atoms with Gasteiger partial charge in [-0.15, -0.1) is 0 Å². The van der Waals surface area contributed by atoms with Crippen molar-refractivity contribution < 1.29 is 19.8 Å². The second-order valence-corrected chi connectivity index (χ2v) is 4.21. The van der Waals surface area contributed by atoms with Crippen LogP contribution in [0.1, 0.15) is 28.9 Å². The molecule has 2 rings (SSSR count). The third kappa shape index (κ3) is 3.71. The van der Waals surface area contributed by atoms with E-state index in [4.69, 9.17) is 5.11 Å². The molecule has 0 aliphatic heterocycles. The average molecular weight is 260 g/mol. The number of hydrogen-bond acceptors (Lipinski definition) is 4. The van der Waals surface area contributed by atoms with Crippen LogP contribution in [0.15, 0.2) is 12.3 Å². The van der Waals surface area contributed by atoms with E-state index < -0.39 is 18.4 Å². The highest BCUT2D eigenvalue weighted by atomic mass is 16.4. The third-order valence-electron chi connectivity index (χ3n) is 2.48. The van der Waals surface area contributed by atoms with Crippen molar-refractivity contribution in [1.29, 1.82) is 0 Å². The Morgan fingerprint density at radius 1 is 1.47 bits per heavy atom. The molecule has 6 nitrogen and oxygen atoms in total. The number of amides is 1. The van der Waals surface area contributed by atoms with Crippen molar-refractivity contribution in [2.75, 3.05) is 6.54 Å². The first-order chi connectivity index (χ1) is 9.06. The van der Waals surface area contributed by atoms with Gasteiger partial charge in [0.25, 0.3) is 5.91 Å². The maximum Gasteiger partial charge on any atom is 0.322 e. The van der Waals surface area contributed by atoms with E-state index in [9.17, 15) is 14.7 Å². The molecule has 1 fully saturated rings. The molecule has 0 unspecified atom stereocenters. The SMILES string of the molecule is O=C(O)CNC(=O)c1ncc(C#CC2CC2)cc1O. The quantitative estimate of drug-likeness (QED) is 0.681. The summed E-state index contributed by atoms with van der Waals surface area (Å²) in [5, 5.41) is 20.2. The number of aromatic nitrogens is 1. The lowest BCUT2D eigenvalue weighted by Gasteiger charge is -2.03. The van der Waals surface area contributed by atoms with Crippen molar-refractivity contribution in [2.45, 2.75) is 12.8 Å². The number of aliphatic carboxylic acids is 1. The van der Waals surface area contributed by atoms with E-state index in [1.165, 1.54) is 12.3 Å². The minimum Gasteiger partial charge on any atom is -0.505 e. The molecule has 19 heavy (non-hydrogen) atoms. The van der Waals surface area contributed by atoms with Gasteiger partial charge in [-0.05, 0) is 18.9 Å². The molecule has 0 saturated heterocycles. The summed E-state index contributed by atoms with van der Waals surface area (Å²) in [6.07, 6.45) is 3.58. The summed E-state index contributed by atoms with van der Waals surface area (Å²) < 4.78 is 0. The molecule has 3 N–H and O–H groups in total. The number of nitrogens with zero attached hydrogens (tertiary/aromatic N) is 1. The van der Waals surface area contributed by atoms with Crippen molar-refractivity contribution in [3.8, 4) is 17.6 Å². The number of carbonyl (C=O) groups excluding carboxylic acids is 1. The van der Waals surface area contributed by atoms with Crippen LogP contribution in [0, 0.1) is 17.8 Å². The third-order valence-corrected chi connectivity index (χ3v) is 2.48. The Bertz CT molecular complexity index is 582. The zero-order valence-corrected chi connectivity index (χ0v) is 10.0. The minimum absolute atomic E-state index is 0.210. The Kier molecular flexibility index (Phi) is 3.66.